The van der Waals surface area contributed by atoms with Gasteiger partial charge in [-0.25, -0.2) is 4.79 Å². The molecule has 2 heterocycles. The van der Waals surface area contributed by atoms with Gasteiger partial charge in [0, 0.05) is 24.2 Å². The van der Waals surface area contributed by atoms with E-state index in [1.807, 2.05) is 0 Å². The molecule has 1 saturated heterocycles. The number of methoxy groups -OCH3 is 1. The van der Waals surface area contributed by atoms with E-state index in [0.717, 1.165) is 0 Å². The van der Waals surface area contributed by atoms with Crippen molar-refractivity contribution in [3.05, 3.63) is 32.6 Å². The van der Waals surface area contributed by atoms with Crippen molar-refractivity contribution < 1.29 is 14.3 Å². The summed E-state index contributed by atoms with van der Waals surface area (Å²) in [6.45, 7) is 1.85. The predicted molar refractivity (Wildman–Crippen MR) is 73.8 cm³/mol. The van der Waals surface area contributed by atoms with Crippen LogP contribution in [0.15, 0.2) is 15.8 Å². The molecule has 1 aromatic rings. The standard InChI is InChI=1S/C13H19N3O5/c1-7-6-16(13(19)15-12(7)18)10-3-8(4-11(17)20-2)9(5-14)21-10/h6,8-10H,3-5,14H2,1-2H3,(H,15,18,19)/t8?,9-,10-/m1/s1. The molecule has 3 N–H and O–H groups in total. The van der Waals surface area contributed by atoms with Gasteiger partial charge in [-0.3, -0.25) is 19.1 Å². The van der Waals surface area contributed by atoms with E-state index < -0.39 is 17.5 Å². The molecule has 2 rings (SSSR count). The highest BCUT2D eigenvalue weighted by molar-refractivity contribution is 5.69. The summed E-state index contributed by atoms with van der Waals surface area (Å²) in [7, 11) is 1.32. The Balaban J connectivity index is 2.23. The van der Waals surface area contributed by atoms with Gasteiger partial charge >= 0.3 is 11.7 Å². The summed E-state index contributed by atoms with van der Waals surface area (Å²) in [5.74, 6) is -0.459. The molecular weight excluding hydrogens is 278 g/mol. The van der Waals surface area contributed by atoms with Crippen LogP contribution in [-0.2, 0) is 14.3 Å². The number of aromatic nitrogens is 2. The van der Waals surface area contributed by atoms with Crippen LogP contribution >= 0.6 is 0 Å². The molecule has 0 aromatic carbocycles. The summed E-state index contributed by atoms with van der Waals surface area (Å²) < 4.78 is 11.7. The van der Waals surface area contributed by atoms with E-state index in [2.05, 4.69) is 9.72 Å². The number of H-pyrrole nitrogens is 1. The topological polar surface area (TPSA) is 116 Å². The first-order chi connectivity index (χ1) is 9.96. The fourth-order valence-corrected chi connectivity index (χ4v) is 2.52. The summed E-state index contributed by atoms with van der Waals surface area (Å²) in [4.78, 5) is 36.9. The van der Waals surface area contributed by atoms with Gasteiger partial charge in [0.2, 0.25) is 0 Å². The normalized spacial score (nSPS) is 25.0. The average Bonchev–Trinajstić information content (AvgIpc) is 2.85. The van der Waals surface area contributed by atoms with E-state index in [4.69, 9.17) is 10.5 Å². The number of ether oxygens (including phenoxy) is 2. The van der Waals surface area contributed by atoms with Gasteiger partial charge in [0.25, 0.3) is 5.56 Å². The summed E-state index contributed by atoms with van der Waals surface area (Å²) in [6.07, 6.45) is 1.23. The second-order valence-electron chi connectivity index (χ2n) is 5.12. The Morgan fingerprint density at radius 1 is 1.57 bits per heavy atom. The Morgan fingerprint density at radius 2 is 2.29 bits per heavy atom. The minimum atomic E-state index is -0.545. The lowest BCUT2D eigenvalue weighted by molar-refractivity contribution is -0.142. The van der Waals surface area contributed by atoms with E-state index in [-0.39, 0.29) is 31.0 Å². The first-order valence-electron chi connectivity index (χ1n) is 6.70. The van der Waals surface area contributed by atoms with Crippen molar-refractivity contribution in [1.82, 2.24) is 9.55 Å². The van der Waals surface area contributed by atoms with Gasteiger partial charge in [0.1, 0.15) is 6.23 Å². The molecule has 0 aliphatic carbocycles. The Labute approximate surface area is 120 Å². The zero-order valence-electron chi connectivity index (χ0n) is 12.0. The SMILES string of the molecule is COC(=O)CC1C[C@H](n2cc(C)c(=O)[nH]c2=O)O[C@@H]1CN. The fourth-order valence-electron chi connectivity index (χ4n) is 2.52. The highest BCUT2D eigenvalue weighted by Gasteiger charge is 2.37. The van der Waals surface area contributed by atoms with Crippen LogP contribution < -0.4 is 17.0 Å². The number of carbonyl (C=O) groups excluding carboxylic acids is 1. The van der Waals surface area contributed by atoms with Crippen molar-refractivity contribution in [1.29, 1.82) is 0 Å². The molecule has 8 nitrogen and oxygen atoms in total. The zero-order valence-corrected chi connectivity index (χ0v) is 12.0. The minimum Gasteiger partial charge on any atom is -0.469 e. The first-order valence-corrected chi connectivity index (χ1v) is 6.70. The van der Waals surface area contributed by atoms with Gasteiger partial charge in [0.15, 0.2) is 0 Å². The van der Waals surface area contributed by atoms with Crippen LogP contribution in [0.1, 0.15) is 24.6 Å². The maximum Gasteiger partial charge on any atom is 0.330 e. The number of hydrogen-bond donors (Lipinski definition) is 2. The summed E-state index contributed by atoms with van der Waals surface area (Å²) in [6, 6.07) is 0. The lowest BCUT2D eigenvalue weighted by Gasteiger charge is -2.15. The van der Waals surface area contributed by atoms with E-state index in [1.54, 1.807) is 6.92 Å². The second kappa shape index (κ2) is 6.23. The van der Waals surface area contributed by atoms with Crippen molar-refractivity contribution in [2.75, 3.05) is 13.7 Å². The van der Waals surface area contributed by atoms with E-state index in [1.165, 1.54) is 17.9 Å². The largest absolute Gasteiger partial charge is 0.469 e. The molecule has 0 amide bonds. The quantitative estimate of drug-likeness (QED) is 0.708. The molecule has 1 aliphatic heterocycles. The van der Waals surface area contributed by atoms with Crippen LogP contribution in [-0.4, -0.2) is 35.3 Å². The van der Waals surface area contributed by atoms with Crippen LogP contribution in [0.2, 0.25) is 0 Å². The maximum atomic E-state index is 11.9. The zero-order chi connectivity index (χ0) is 15.6. The predicted octanol–water partition coefficient (Wildman–Crippen LogP) is -0.729. The molecule has 8 heteroatoms. The average molecular weight is 297 g/mol. The number of esters is 1. The van der Waals surface area contributed by atoms with Crippen LogP contribution in [0, 0.1) is 12.8 Å². The molecule has 1 fully saturated rings. The molecule has 0 bridgehead atoms. The number of aryl methyl sites for hydroxylation is 1. The lowest BCUT2D eigenvalue weighted by atomic mass is 9.97. The second-order valence-corrected chi connectivity index (χ2v) is 5.12. The van der Waals surface area contributed by atoms with Crippen molar-refractivity contribution in [2.24, 2.45) is 11.7 Å². The highest BCUT2D eigenvalue weighted by Crippen LogP contribution is 2.34. The van der Waals surface area contributed by atoms with Gasteiger partial charge in [-0.1, -0.05) is 0 Å². The van der Waals surface area contributed by atoms with Gasteiger partial charge in [-0.15, -0.1) is 0 Å². The molecule has 1 aromatic heterocycles. The molecule has 3 atom stereocenters. The Bertz CT molecular complexity index is 635. The van der Waals surface area contributed by atoms with Crippen LogP contribution in [0.4, 0.5) is 0 Å². The highest BCUT2D eigenvalue weighted by atomic mass is 16.5. The van der Waals surface area contributed by atoms with Crippen molar-refractivity contribution in [3.63, 3.8) is 0 Å². The van der Waals surface area contributed by atoms with Crippen molar-refractivity contribution in [2.45, 2.75) is 32.1 Å². The molecule has 116 valence electrons. The molecular formula is C13H19N3O5. The van der Waals surface area contributed by atoms with E-state index in [0.29, 0.717) is 12.0 Å². The van der Waals surface area contributed by atoms with Gasteiger partial charge in [-0.2, -0.15) is 0 Å². The third kappa shape index (κ3) is 3.22. The van der Waals surface area contributed by atoms with Crippen LogP contribution in [0.3, 0.4) is 0 Å². The summed E-state index contributed by atoms with van der Waals surface area (Å²) in [5.41, 5.74) is 5.11. The summed E-state index contributed by atoms with van der Waals surface area (Å²) >= 11 is 0. The fraction of sp³-hybridized carbons (Fsp3) is 0.615. The molecule has 0 saturated carbocycles. The van der Waals surface area contributed by atoms with Crippen LogP contribution in [0.25, 0.3) is 0 Å². The number of nitrogens with one attached hydrogen (secondary N) is 1. The number of nitrogens with zero attached hydrogens (tertiary/aromatic N) is 1. The lowest BCUT2D eigenvalue weighted by Crippen LogP contribution is -2.33. The van der Waals surface area contributed by atoms with Crippen LogP contribution in [0.5, 0.6) is 0 Å². The van der Waals surface area contributed by atoms with E-state index in [9.17, 15) is 14.4 Å². The molecule has 1 aliphatic rings. The van der Waals surface area contributed by atoms with Crippen molar-refractivity contribution >= 4 is 5.97 Å². The number of aromatic amines is 1. The molecule has 0 radical (unpaired) electrons. The monoisotopic (exact) mass is 297 g/mol. The molecule has 1 unspecified atom stereocenters. The number of hydrogen-bond acceptors (Lipinski definition) is 6. The van der Waals surface area contributed by atoms with Gasteiger partial charge in [-0.05, 0) is 13.3 Å². The Kier molecular flexibility index (Phi) is 4.59. The minimum absolute atomic E-state index is 0.119. The summed E-state index contributed by atoms with van der Waals surface area (Å²) in [5, 5.41) is 0. The van der Waals surface area contributed by atoms with Crippen molar-refractivity contribution in [3.8, 4) is 0 Å². The Hall–Kier alpha value is -1.93. The smallest absolute Gasteiger partial charge is 0.330 e. The maximum absolute atomic E-state index is 11.9. The number of nitrogens with two attached hydrogens (primary N) is 1. The number of carbonyl (C=O) groups is 1. The Morgan fingerprint density at radius 3 is 2.90 bits per heavy atom. The third-order valence-corrected chi connectivity index (χ3v) is 3.71. The first kappa shape index (κ1) is 15.5. The van der Waals surface area contributed by atoms with Gasteiger partial charge in [0.05, 0.1) is 19.6 Å². The molecule has 21 heavy (non-hydrogen) atoms. The van der Waals surface area contributed by atoms with E-state index >= 15 is 0 Å². The van der Waals surface area contributed by atoms with Gasteiger partial charge < -0.3 is 15.2 Å². The molecule has 0 spiro atoms. The third-order valence-electron chi connectivity index (χ3n) is 3.71. The number of rotatable bonds is 4.